The number of carbonyl (C=O) groups excluding carboxylic acids is 3. The first-order chi connectivity index (χ1) is 29.5. The molecule has 1 atom stereocenters. The number of unbranched alkanes of at least 4 members (excludes halogenated alkanes) is 33. The molecule has 60 heavy (non-hydrogen) atoms. The molecule has 0 spiro atoms. The number of esters is 3. The van der Waals surface area contributed by atoms with Crippen LogP contribution < -0.4 is 0 Å². The third-order valence-corrected chi connectivity index (χ3v) is 11.7. The molecule has 0 aromatic rings. The molecule has 0 aliphatic rings. The SMILES string of the molecule is CCCCC/C=C\C/C=C\CCCCCCCC(=O)O[C@H](COC(=O)CCCCCCCCCCC)COC(=O)CCCCCCCCCCCCCCCCCCCC. The molecule has 0 radical (unpaired) electrons. The van der Waals surface area contributed by atoms with Gasteiger partial charge in [-0.2, -0.15) is 0 Å². The van der Waals surface area contributed by atoms with Gasteiger partial charge < -0.3 is 14.2 Å². The molecule has 6 nitrogen and oxygen atoms in total. The van der Waals surface area contributed by atoms with Gasteiger partial charge >= 0.3 is 17.9 Å². The Kier molecular flexibility index (Phi) is 47.8. The van der Waals surface area contributed by atoms with Crippen LogP contribution in [0.25, 0.3) is 0 Å². The van der Waals surface area contributed by atoms with Crippen molar-refractivity contribution >= 4 is 17.9 Å². The summed E-state index contributed by atoms with van der Waals surface area (Å²) >= 11 is 0. The Labute approximate surface area is 373 Å². The summed E-state index contributed by atoms with van der Waals surface area (Å²) in [7, 11) is 0. The minimum Gasteiger partial charge on any atom is -0.462 e. The van der Waals surface area contributed by atoms with Gasteiger partial charge in [0, 0.05) is 19.3 Å². The van der Waals surface area contributed by atoms with Gasteiger partial charge in [0.25, 0.3) is 0 Å². The van der Waals surface area contributed by atoms with Crippen molar-refractivity contribution in [3.63, 3.8) is 0 Å². The van der Waals surface area contributed by atoms with Gasteiger partial charge in [0.05, 0.1) is 0 Å². The zero-order valence-electron chi connectivity index (χ0n) is 40.2. The van der Waals surface area contributed by atoms with Crippen molar-refractivity contribution in [1.29, 1.82) is 0 Å². The molecule has 0 aromatic carbocycles. The molecule has 0 amide bonds. The van der Waals surface area contributed by atoms with Crippen LogP contribution in [0.4, 0.5) is 0 Å². The second-order valence-electron chi connectivity index (χ2n) is 17.8. The Morgan fingerprint density at radius 1 is 0.333 bits per heavy atom. The zero-order chi connectivity index (χ0) is 43.7. The van der Waals surface area contributed by atoms with E-state index in [0.717, 1.165) is 77.0 Å². The third-order valence-electron chi connectivity index (χ3n) is 11.7. The standard InChI is InChI=1S/C54H100O6/c1-4-7-10-13-16-19-21-23-25-26-27-29-30-32-35-38-41-44-47-53(56)59-50-51(49-58-52(55)46-43-40-37-34-18-15-12-9-6-3)60-54(57)48-45-42-39-36-33-31-28-24-22-20-17-14-11-8-5-2/h17,20,24,28,51H,4-16,18-19,21-23,25-27,29-50H2,1-3H3/b20-17-,28-24-/t51-/m1/s1. The number of ether oxygens (including phenoxy) is 3. The van der Waals surface area contributed by atoms with Crippen molar-refractivity contribution in [1.82, 2.24) is 0 Å². The summed E-state index contributed by atoms with van der Waals surface area (Å²) in [5, 5.41) is 0. The fourth-order valence-electron chi connectivity index (χ4n) is 7.71. The quantitative estimate of drug-likeness (QED) is 0.0263. The largest absolute Gasteiger partial charge is 0.462 e. The third kappa shape index (κ3) is 46.9. The summed E-state index contributed by atoms with van der Waals surface area (Å²) in [6.07, 6.45) is 55.9. The molecule has 0 saturated carbocycles. The van der Waals surface area contributed by atoms with E-state index < -0.39 is 6.10 Å². The van der Waals surface area contributed by atoms with Crippen molar-refractivity contribution in [3.8, 4) is 0 Å². The number of carbonyl (C=O) groups is 3. The van der Waals surface area contributed by atoms with Crippen molar-refractivity contribution in [2.75, 3.05) is 13.2 Å². The smallest absolute Gasteiger partial charge is 0.306 e. The fraction of sp³-hybridized carbons (Fsp3) is 0.870. The summed E-state index contributed by atoms with van der Waals surface area (Å²) < 4.78 is 16.8. The summed E-state index contributed by atoms with van der Waals surface area (Å²) in [6.45, 7) is 6.61. The van der Waals surface area contributed by atoms with E-state index in [-0.39, 0.29) is 31.1 Å². The second-order valence-corrected chi connectivity index (χ2v) is 17.8. The molecule has 0 aromatic heterocycles. The van der Waals surface area contributed by atoms with Crippen LogP contribution in [0.15, 0.2) is 24.3 Å². The molecular formula is C54H100O6. The van der Waals surface area contributed by atoms with Gasteiger partial charge in [0.1, 0.15) is 13.2 Å². The molecule has 0 N–H and O–H groups in total. The average Bonchev–Trinajstić information content (AvgIpc) is 3.24. The van der Waals surface area contributed by atoms with Gasteiger partial charge in [0.15, 0.2) is 6.10 Å². The summed E-state index contributed by atoms with van der Waals surface area (Å²) in [4.78, 5) is 37.9. The zero-order valence-corrected chi connectivity index (χ0v) is 40.2. The Bertz CT molecular complexity index is 973. The van der Waals surface area contributed by atoms with Crippen LogP contribution in [0.3, 0.4) is 0 Å². The first-order valence-electron chi connectivity index (χ1n) is 26.3. The lowest BCUT2D eigenvalue weighted by Crippen LogP contribution is -2.30. The monoisotopic (exact) mass is 845 g/mol. The van der Waals surface area contributed by atoms with Gasteiger partial charge in [0.2, 0.25) is 0 Å². The molecule has 0 aliphatic heterocycles. The predicted molar refractivity (Wildman–Crippen MR) is 256 cm³/mol. The fourth-order valence-corrected chi connectivity index (χ4v) is 7.71. The molecule has 0 bridgehead atoms. The summed E-state index contributed by atoms with van der Waals surface area (Å²) in [5.74, 6) is -0.875. The molecule has 0 unspecified atom stereocenters. The highest BCUT2D eigenvalue weighted by Gasteiger charge is 2.19. The van der Waals surface area contributed by atoms with E-state index in [9.17, 15) is 14.4 Å². The number of allylic oxidation sites excluding steroid dienone is 4. The molecule has 0 rings (SSSR count). The van der Waals surface area contributed by atoms with E-state index in [2.05, 4.69) is 45.1 Å². The molecule has 0 fully saturated rings. The highest BCUT2D eigenvalue weighted by molar-refractivity contribution is 5.71. The lowest BCUT2D eigenvalue weighted by Gasteiger charge is -2.18. The first kappa shape index (κ1) is 57.9. The van der Waals surface area contributed by atoms with E-state index in [0.29, 0.717) is 19.3 Å². The predicted octanol–water partition coefficient (Wildman–Crippen LogP) is 17.2. The Balaban J connectivity index is 4.28. The van der Waals surface area contributed by atoms with Crippen molar-refractivity contribution in [2.45, 2.75) is 290 Å². The molecule has 6 heteroatoms. The maximum Gasteiger partial charge on any atom is 0.306 e. The lowest BCUT2D eigenvalue weighted by atomic mass is 10.0. The van der Waals surface area contributed by atoms with Gasteiger partial charge in [-0.3, -0.25) is 14.4 Å². The van der Waals surface area contributed by atoms with E-state index >= 15 is 0 Å². The number of rotatable bonds is 48. The minimum atomic E-state index is -0.771. The van der Waals surface area contributed by atoms with Crippen LogP contribution in [0.1, 0.15) is 284 Å². The van der Waals surface area contributed by atoms with Crippen molar-refractivity contribution < 1.29 is 28.6 Å². The maximum absolute atomic E-state index is 12.8. The Hall–Kier alpha value is -2.11. The van der Waals surface area contributed by atoms with Crippen LogP contribution in [0.5, 0.6) is 0 Å². The number of hydrogen-bond donors (Lipinski definition) is 0. The van der Waals surface area contributed by atoms with E-state index in [1.807, 2.05) is 0 Å². The van der Waals surface area contributed by atoms with Gasteiger partial charge in [-0.15, -0.1) is 0 Å². The molecule has 0 heterocycles. The molecule has 0 saturated heterocycles. The Morgan fingerprint density at radius 2 is 0.600 bits per heavy atom. The summed E-state index contributed by atoms with van der Waals surface area (Å²) in [6, 6.07) is 0. The second kappa shape index (κ2) is 49.5. The average molecular weight is 845 g/mol. The van der Waals surface area contributed by atoms with Crippen molar-refractivity contribution in [2.24, 2.45) is 0 Å². The van der Waals surface area contributed by atoms with E-state index in [4.69, 9.17) is 14.2 Å². The molecule has 352 valence electrons. The molecular weight excluding hydrogens is 745 g/mol. The lowest BCUT2D eigenvalue weighted by molar-refractivity contribution is -0.167. The van der Waals surface area contributed by atoms with Crippen LogP contribution in [0, 0.1) is 0 Å². The van der Waals surface area contributed by atoms with Gasteiger partial charge in [-0.25, -0.2) is 0 Å². The maximum atomic E-state index is 12.8. The topological polar surface area (TPSA) is 78.9 Å². The first-order valence-corrected chi connectivity index (χ1v) is 26.3. The molecule has 0 aliphatic carbocycles. The highest BCUT2D eigenvalue weighted by atomic mass is 16.6. The van der Waals surface area contributed by atoms with Gasteiger partial charge in [-0.1, -0.05) is 238 Å². The van der Waals surface area contributed by atoms with E-state index in [1.165, 1.54) is 167 Å². The normalized spacial score (nSPS) is 12.1. The van der Waals surface area contributed by atoms with Crippen LogP contribution in [0.2, 0.25) is 0 Å². The minimum absolute atomic E-state index is 0.0723. The van der Waals surface area contributed by atoms with Crippen LogP contribution in [-0.4, -0.2) is 37.2 Å². The van der Waals surface area contributed by atoms with Gasteiger partial charge in [-0.05, 0) is 51.4 Å². The van der Waals surface area contributed by atoms with E-state index in [1.54, 1.807) is 0 Å². The van der Waals surface area contributed by atoms with Crippen LogP contribution in [-0.2, 0) is 28.6 Å². The number of hydrogen-bond acceptors (Lipinski definition) is 6. The Morgan fingerprint density at radius 3 is 0.950 bits per heavy atom. The van der Waals surface area contributed by atoms with Crippen LogP contribution >= 0.6 is 0 Å². The van der Waals surface area contributed by atoms with Crippen molar-refractivity contribution in [3.05, 3.63) is 24.3 Å². The highest BCUT2D eigenvalue weighted by Crippen LogP contribution is 2.16. The summed E-state index contributed by atoms with van der Waals surface area (Å²) in [5.41, 5.74) is 0.